The lowest BCUT2D eigenvalue weighted by molar-refractivity contribution is -0.548. The number of aromatic nitrogens is 1. The van der Waals surface area contributed by atoms with Gasteiger partial charge in [-0.3, -0.25) is 0 Å². The smallest absolute Gasteiger partial charge is 0.618 e. The van der Waals surface area contributed by atoms with E-state index in [1.165, 1.54) is 36.8 Å². The highest BCUT2D eigenvalue weighted by Crippen LogP contribution is 2.42. The maximum atomic E-state index is 7.02. The topological polar surface area (TPSA) is 25.6 Å². The summed E-state index contributed by atoms with van der Waals surface area (Å²) >= 11 is 0. The molecule has 5 aromatic carbocycles. The third-order valence-electron chi connectivity index (χ3n) is 9.87. The van der Waals surface area contributed by atoms with Crippen molar-refractivity contribution in [3.63, 3.8) is 0 Å². The lowest BCUT2D eigenvalue weighted by Crippen LogP contribution is -2.83. The summed E-state index contributed by atoms with van der Waals surface area (Å²) in [6, 6.07) is 49.9. The van der Waals surface area contributed by atoms with Gasteiger partial charge in [-0.1, -0.05) is 87.4 Å². The number of rotatable bonds is 10. The third-order valence-corrected chi connectivity index (χ3v) is 9.87. The molecule has 5 heteroatoms. The first kappa shape index (κ1) is 30.1. The molecule has 0 amide bonds. The Bertz CT molecular complexity index is 1940. The van der Waals surface area contributed by atoms with Gasteiger partial charge in [-0.15, -0.1) is 0 Å². The molecule has 0 radical (unpaired) electrons. The summed E-state index contributed by atoms with van der Waals surface area (Å²) in [5.41, 5.74) is 11.4. The van der Waals surface area contributed by atoms with Crippen LogP contribution < -0.4 is 24.1 Å². The molecule has 238 valence electrons. The number of para-hydroxylation sites is 2. The van der Waals surface area contributed by atoms with E-state index in [1.54, 1.807) is 0 Å². The molecule has 0 fully saturated rings. The molecule has 0 saturated heterocycles. The molecule has 6 aromatic rings. The van der Waals surface area contributed by atoms with Crippen molar-refractivity contribution in [2.24, 2.45) is 0 Å². The second kappa shape index (κ2) is 12.7. The van der Waals surface area contributed by atoms with Crippen LogP contribution in [0.25, 0.3) is 22.5 Å². The van der Waals surface area contributed by atoms with Gasteiger partial charge in [0.1, 0.15) is 0 Å². The Morgan fingerprint density at radius 1 is 0.500 bits per heavy atom. The zero-order valence-corrected chi connectivity index (χ0v) is 27.8. The van der Waals surface area contributed by atoms with E-state index in [4.69, 9.17) is 9.31 Å². The fraction of sp³-hybridized carbons (Fsp3) is 0.186. The van der Waals surface area contributed by atoms with Crippen LogP contribution in [0, 0.1) is 0 Å². The number of unbranched alkanes of at least 4 members (excludes halogenated alkanes) is 2. The summed E-state index contributed by atoms with van der Waals surface area (Å²) in [6.45, 7) is 2.36. The van der Waals surface area contributed by atoms with Crippen LogP contribution in [-0.2, 0) is 12.8 Å². The second-order valence-electron chi connectivity index (χ2n) is 13.0. The quantitative estimate of drug-likeness (QED) is 0.141. The minimum absolute atomic E-state index is 0.825. The van der Waals surface area contributed by atoms with Crippen molar-refractivity contribution >= 4 is 29.2 Å². The summed E-state index contributed by atoms with van der Waals surface area (Å²) in [5.74, 6) is 1.65. The first-order valence-corrected chi connectivity index (χ1v) is 17.5. The first-order chi connectivity index (χ1) is 23.7. The Balaban J connectivity index is 1.23. The number of hydrogen-bond acceptors (Lipinski definition) is 3. The van der Waals surface area contributed by atoms with Crippen molar-refractivity contribution in [1.29, 1.82) is 0 Å². The van der Waals surface area contributed by atoms with Gasteiger partial charge in [0.15, 0.2) is 11.4 Å². The molecular formula is C43H41BN2O2. The molecule has 48 heavy (non-hydrogen) atoms. The predicted octanol–water partition coefficient (Wildman–Crippen LogP) is 9.94. The van der Waals surface area contributed by atoms with Gasteiger partial charge in [-0.05, 0) is 109 Å². The van der Waals surface area contributed by atoms with Crippen LogP contribution >= 0.6 is 0 Å². The zero-order chi connectivity index (χ0) is 32.5. The van der Waals surface area contributed by atoms with Gasteiger partial charge in [0.05, 0.1) is 22.6 Å². The maximum absolute atomic E-state index is 7.02. The maximum Gasteiger partial charge on any atom is 0.685 e. The highest BCUT2D eigenvalue weighted by atomic mass is 16.6. The zero-order valence-electron chi connectivity index (χ0n) is 27.8. The summed E-state index contributed by atoms with van der Waals surface area (Å²) in [5, 5.41) is 0. The molecule has 1 aromatic heterocycles. The Labute approximate surface area is 284 Å². The number of aryl methyl sites for hydroxylation is 2. The number of pyridine rings is 1. The Morgan fingerprint density at radius 2 is 0.938 bits per heavy atom. The minimum atomic E-state index is -2.14. The molecule has 0 unspecified atom stereocenters. The van der Waals surface area contributed by atoms with E-state index in [1.807, 2.05) is 24.3 Å². The lowest BCUT2D eigenvalue weighted by atomic mass is 9.59. The van der Waals surface area contributed by atoms with Gasteiger partial charge < -0.3 is 18.7 Å². The molecule has 8 rings (SSSR count). The highest BCUT2D eigenvalue weighted by Gasteiger charge is 2.56. The van der Waals surface area contributed by atoms with Gasteiger partial charge in [0, 0.05) is 29.2 Å². The van der Waals surface area contributed by atoms with Crippen molar-refractivity contribution in [3.05, 3.63) is 151 Å². The van der Waals surface area contributed by atoms with Crippen LogP contribution in [0.3, 0.4) is 0 Å². The van der Waals surface area contributed by atoms with E-state index in [0.29, 0.717) is 0 Å². The number of anilines is 3. The fourth-order valence-electron chi connectivity index (χ4n) is 7.35. The van der Waals surface area contributed by atoms with Gasteiger partial charge >= 0.3 is 6.69 Å². The summed E-state index contributed by atoms with van der Waals surface area (Å²) in [4.78, 5) is 2.35. The van der Waals surface area contributed by atoms with Gasteiger partial charge in [0.2, 0.25) is 0 Å². The monoisotopic (exact) mass is 628 g/mol. The molecule has 0 bridgehead atoms. The van der Waals surface area contributed by atoms with Crippen LogP contribution in [0.1, 0.15) is 50.7 Å². The largest absolute Gasteiger partial charge is 0.685 e. The van der Waals surface area contributed by atoms with Gasteiger partial charge in [0.25, 0.3) is 0 Å². The van der Waals surface area contributed by atoms with Crippen molar-refractivity contribution < 1.29 is 13.8 Å². The molecule has 2 aliphatic heterocycles. The van der Waals surface area contributed by atoms with E-state index in [0.717, 1.165) is 69.4 Å². The molecule has 3 heterocycles. The predicted molar refractivity (Wildman–Crippen MR) is 198 cm³/mol. The molecule has 4 nitrogen and oxygen atoms in total. The molecule has 0 saturated carbocycles. The highest BCUT2D eigenvalue weighted by molar-refractivity contribution is 6.75. The summed E-state index contributed by atoms with van der Waals surface area (Å²) < 4.78 is 16.3. The third kappa shape index (κ3) is 5.24. The fourth-order valence-corrected chi connectivity index (χ4v) is 7.35. The van der Waals surface area contributed by atoms with Crippen LogP contribution in [0.5, 0.6) is 11.5 Å². The average molecular weight is 629 g/mol. The second-order valence-corrected chi connectivity index (χ2v) is 13.0. The number of benzene rings is 5. The number of fused-ring (bicyclic) bond motifs is 4. The van der Waals surface area contributed by atoms with E-state index in [9.17, 15) is 0 Å². The van der Waals surface area contributed by atoms with Crippen molar-refractivity contribution in [2.75, 3.05) is 4.90 Å². The van der Waals surface area contributed by atoms with Gasteiger partial charge in [-0.2, -0.15) is 0 Å². The number of nitrogens with zero attached hydrogens (tertiary/aromatic N) is 2. The standard InChI is InChI=1S/C43H41BN2O2/c1-3-5-12-32-20-26-35(27-21-32)45(36-28-22-33(23-29-36)13-6-4-2)37-30-24-34(25-31-37)44-46-40(38-14-7-9-18-42(38)47-44)16-11-17-41(46)39-15-8-10-19-43(39)48-44/h7-11,14-31H,3-6,12-13H2,1-2H3. The molecule has 0 N–H and O–H groups in total. The summed E-state index contributed by atoms with van der Waals surface area (Å²) in [6.07, 6.45) is 7.01. The molecule has 0 aliphatic carbocycles. The van der Waals surface area contributed by atoms with Gasteiger partial charge in [-0.25, -0.2) is 0 Å². The molecule has 0 spiro atoms. The number of hydrogen-bond donors (Lipinski definition) is 0. The Morgan fingerprint density at radius 3 is 1.40 bits per heavy atom. The van der Waals surface area contributed by atoms with Crippen LogP contribution in [0.4, 0.5) is 17.1 Å². The Hall–Kier alpha value is -5.29. The lowest BCUT2D eigenvalue weighted by Gasteiger charge is -2.44. The van der Waals surface area contributed by atoms with Crippen LogP contribution in [0.2, 0.25) is 0 Å². The van der Waals surface area contributed by atoms with E-state index >= 15 is 0 Å². The molecule has 0 atom stereocenters. The Kier molecular flexibility index (Phi) is 7.97. The van der Waals surface area contributed by atoms with E-state index in [-0.39, 0.29) is 0 Å². The van der Waals surface area contributed by atoms with E-state index in [2.05, 4.69) is 138 Å². The summed E-state index contributed by atoms with van der Waals surface area (Å²) in [7, 11) is 0. The van der Waals surface area contributed by atoms with Crippen molar-refractivity contribution in [2.45, 2.75) is 52.4 Å². The molecular weight excluding hydrogens is 587 g/mol. The van der Waals surface area contributed by atoms with Crippen molar-refractivity contribution in [3.8, 4) is 34.0 Å². The normalized spacial score (nSPS) is 13.4. The van der Waals surface area contributed by atoms with Crippen LogP contribution in [-0.4, -0.2) is 6.69 Å². The minimum Gasteiger partial charge on any atom is -0.618 e. The first-order valence-electron chi connectivity index (χ1n) is 17.5. The molecule has 2 aliphatic rings. The SMILES string of the molecule is CCCCc1ccc(N(c2ccc(CCCC)cc2)c2ccc([B-]34Oc5ccccc5-c5cccc([n+]53)-c3ccccc3O4)cc2)cc1. The van der Waals surface area contributed by atoms with Crippen molar-refractivity contribution in [1.82, 2.24) is 0 Å². The average Bonchev–Trinajstić information content (AvgIpc) is 3.14. The van der Waals surface area contributed by atoms with Crippen LogP contribution in [0.15, 0.2) is 140 Å². The van der Waals surface area contributed by atoms with E-state index < -0.39 is 6.69 Å².